The highest BCUT2D eigenvalue weighted by Crippen LogP contribution is 2.22. The molecule has 0 saturated carbocycles. The van der Waals surface area contributed by atoms with Gasteiger partial charge in [-0.3, -0.25) is 4.79 Å². The van der Waals surface area contributed by atoms with E-state index < -0.39 is 0 Å². The zero-order chi connectivity index (χ0) is 14.2. The van der Waals surface area contributed by atoms with Crippen molar-refractivity contribution in [2.75, 3.05) is 13.2 Å². The third-order valence-electron chi connectivity index (χ3n) is 3.38. The standard InChI is InChI=1S/C16H23NO2S/c1-13(20-15-7-3-2-4-8-15)12-17-16(18)10-9-14-6-5-11-19-14/h2-4,7-8,13-14H,5-6,9-12H2,1H3,(H,17,18)/t13-,14-/m1/s1. The van der Waals surface area contributed by atoms with E-state index in [2.05, 4.69) is 24.4 Å². The fourth-order valence-corrected chi connectivity index (χ4v) is 3.23. The lowest BCUT2D eigenvalue weighted by Gasteiger charge is -2.13. The van der Waals surface area contributed by atoms with E-state index in [0.29, 0.717) is 24.3 Å². The van der Waals surface area contributed by atoms with Crippen molar-refractivity contribution in [3.63, 3.8) is 0 Å². The number of rotatable bonds is 7. The first-order valence-corrected chi connectivity index (χ1v) is 8.22. The highest BCUT2D eigenvalue weighted by Gasteiger charge is 2.16. The summed E-state index contributed by atoms with van der Waals surface area (Å²) in [6, 6.07) is 10.3. The molecule has 0 spiro atoms. The van der Waals surface area contributed by atoms with E-state index in [4.69, 9.17) is 4.74 Å². The number of carbonyl (C=O) groups is 1. The molecule has 1 amide bonds. The molecule has 4 heteroatoms. The first-order valence-electron chi connectivity index (χ1n) is 7.34. The van der Waals surface area contributed by atoms with Crippen LogP contribution in [0.1, 0.15) is 32.6 Å². The van der Waals surface area contributed by atoms with Crippen LogP contribution < -0.4 is 5.32 Å². The molecule has 2 rings (SSSR count). The number of amides is 1. The van der Waals surface area contributed by atoms with Gasteiger partial charge < -0.3 is 10.1 Å². The maximum atomic E-state index is 11.8. The molecule has 0 aliphatic carbocycles. The van der Waals surface area contributed by atoms with Crippen molar-refractivity contribution in [1.29, 1.82) is 0 Å². The van der Waals surface area contributed by atoms with E-state index in [1.807, 2.05) is 18.2 Å². The summed E-state index contributed by atoms with van der Waals surface area (Å²) < 4.78 is 5.52. The van der Waals surface area contributed by atoms with Crippen molar-refractivity contribution < 1.29 is 9.53 Å². The molecule has 1 fully saturated rings. The van der Waals surface area contributed by atoms with Crippen molar-refractivity contribution in [1.82, 2.24) is 5.32 Å². The quantitative estimate of drug-likeness (QED) is 0.784. The van der Waals surface area contributed by atoms with Crippen LogP contribution in [0, 0.1) is 0 Å². The molecule has 0 bridgehead atoms. The van der Waals surface area contributed by atoms with Crippen LogP contribution in [0.5, 0.6) is 0 Å². The number of ether oxygens (including phenoxy) is 1. The van der Waals surface area contributed by atoms with Gasteiger partial charge >= 0.3 is 0 Å². The predicted octanol–water partition coefficient (Wildman–Crippen LogP) is 3.24. The van der Waals surface area contributed by atoms with Crippen molar-refractivity contribution in [3.05, 3.63) is 30.3 Å². The maximum Gasteiger partial charge on any atom is 0.220 e. The maximum absolute atomic E-state index is 11.8. The van der Waals surface area contributed by atoms with Gasteiger partial charge in [-0.05, 0) is 31.4 Å². The first kappa shape index (κ1) is 15.4. The summed E-state index contributed by atoms with van der Waals surface area (Å²) in [6.45, 7) is 3.71. The summed E-state index contributed by atoms with van der Waals surface area (Å²) in [4.78, 5) is 13.0. The van der Waals surface area contributed by atoms with Gasteiger partial charge in [-0.1, -0.05) is 25.1 Å². The van der Waals surface area contributed by atoms with Crippen LogP contribution in [-0.2, 0) is 9.53 Å². The molecule has 2 atom stereocenters. The van der Waals surface area contributed by atoms with Gasteiger partial charge in [0.1, 0.15) is 0 Å². The monoisotopic (exact) mass is 293 g/mol. The van der Waals surface area contributed by atoms with Gasteiger partial charge in [0.15, 0.2) is 0 Å². The minimum atomic E-state index is 0.140. The number of carbonyl (C=O) groups excluding carboxylic acids is 1. The molecular formula is C16H23NO2S. The molecule has 1 aliphatic rings. The molecule has 1 N–H and O–H groups in total. The van der Waals surface area contributed by atoms with Crippen LogP contribution in [-0.4, -0.2) is 30.4 Å². The van der Waals surface area contributed by atoms with E-state index in [1.165, 1.54) is 4.90 Å². The van der Waals surface area contributed by atoms with Crippen LogP contribution in [0.4, 0.5) is 0 Å². The zero-order valence-electron chi connectivity index (χ0n) is 12.0. The Morgan fingerprint density at radius 3 is 2.95 bits per heavy atom. The smallest absolute Gasteiger partial charge is 0.220 e. The highest BCUT2D eigenvalue weighted by molar-refractivity contribution is 8.00. The van der Waals surface area contributed by atoms with Crippen LogP contribution >= 0.6 is 11.8 Å². The molecule has 0 unspecified atom stereocenters. The molecule has 3 nitrogen and oxygen atoms in total. The molecule has 1 aliphatic heterocycles. The van der Waals surface area contributed by atoms with Crippen molar-refractivity contribution in [2.24, 2.45) is 0 Å². The Morgan fingerprint density at radius 2 is 2.25 bits per heavy atom. The van der Waals surface area contributed by atoms with Gasteiger partial charge in [0.2, 0.25) is 5.91 Å². The molecule has 0 aromatic heterocycles. The Balaban J connectivity index is 1.60. The van der Waals surface area contributed by atoms with Gasteiger partial charge in [0.05, 0.1) is 6.10 Å². The molecular weight excluding hydrogens is 270 g/mol. The Kier molecular flexibility index (Phi) is 6.40. The van der Waals surface area contributed by atoms with Crippen LogP contribution in [0.2, 0.25) is 0 Å². The Bertz CT molecular complexity index is 404. The van der Waals surface area contributed by atoms with E-state index >= 15 is 0 Å². The lowest BCUT2D eigenvalue weighted by Crippen LogP contribution is -2.29. The van der Waals surface area contributed by atoms with Crippen LogP contribution in [0.25, 0.3) is 0 Å². The molecule has 1 saturated heterocycles. The SMILES string of the molecule is C[C@H](CNC(=O)CC[C@H]1CCCO1)Sc1ccccc1. The van der Waals surface area contributed by atoms with Gasteiger partial charge in [-0.15, -0.1) is 11.8 Å². The average molecular weight is 293 g/mol. The van der Waals surface area contributed by atoms with Gasteiger partial charge in [-0.25, -0.2) is 0 Å². The second-order valence-corrected chi connectivity index (χ2v) is 6.73. The van der Waals surface area contributed by atoms with E-state index in [9.17, 15) is 4.79 Å². The fraction of sp³-hybridized carbons (Fsp3) is 0.562. The zero-order valence-corrected chi connectivity index (χ0v) is 12.8. The average Bonchev–Trinajstić information content (AvgIpc) is 2.97. The fourth-order valence-electron chi connectivity index (χ4n) is 2.28. The van der Waals surface area contributed by atoms with Crippen molar-refractivity contribution in [2.45, 2.75) is 48.9 Å². The van der Waals surface area contributed by atoms with Gasteiger partial charge in [-0.2, -0.15) is 0 Å². The summed E-state index contributed by atoms with van der Waals surface area (Å²) in [5.74, 6) is 0.140. The van der Waals surface area contributed by atoms with Gasteiger partial charge in [0.25, 0.3) is 0 Å². The van der Waals surface area contributed by atoms with E-state index in [0.717, 1.165) is 25.9 Å². The van der Waals surface area contributed by atoms with Crippen molar-refractivity contribution >= 4 is 17.7 Å². The summed E-state index contributed by atoms with van der Waals surface area (Å²) in [5.41, 5.74) is 0. The highest BCUT2D eigenvalue weighted by atomic mass is 32.2. The number of hydrogen-bond acceptors (Lipinski definition) is 3. The summed E-state index contributed by atoms with van der Waals surface area (Å²) in [5, 5.41) is 3.39. The molecule has 20 heavy (non-hydrogen) atoms. The second kappa shape index (κ2) is 8.32. The Hall–Kier alpha value is -1.00. The van der Waals surface area contributed by atoms with E-state index in [1.54, 1.807) is 11.8 Å². The van der Waals surface area contributed by atoms with E-state index in [-0.39, 0.29) is 5.91 Å². The third kappa shape index (κ3) is 5.55. The third-order valence-corrected chi connectivity index (χ3v) is 4.50. The normalized spacial score (nSPS) is 19.8. The first-order chi connectivity index (χ1) is 9.74. The number of hydrogen-bond donors (Lipinski definition) is 1. The van der Waals surface area contributed by atoms with Crippen LogP contribution in [0.3, 0.4) is 0 Å². The lowest BCUT2D eigenvalue weighted by molar-refractivity contribution is -0.121. The van der Waals surface area contributed by atoms with Gasteiger partial charge in [0, 0.05) is 29.7 Å². The minimum absolute atomic E-state index is 0.140. The second-order valence-electron chi connectivity index (χ2n) is 5.22. The summed E-state index contributed by atoms with van der Waals surface area (Å²) in [7, 11) is 0. The minimum Gasteiger partial charge on any atom is -0.378 e. The summed E-state index contributed by atoms with van der Waals surface area (Å²) >= 11 is 1.79. The topological polar surface area (TPSA) is 38.3 Å². The molecule has 110 valence electrons. The lowest BCUT2D eigenvalue weighted by atomic mass is 10.1. The number of thioether (sulfide) groups is 1. The van der Waals surface area contributed by atoms with Crippen LogP contribution in [0.15, 0.2) is 35.2 Å². The summed E-state index contributed by atoms with van der Waals surface area (Å²) in [6.07, 6.45) is 3.97. The number of benzene rings is 1. The largest absolute Gasteiger partial charge is 0.378 e. The molecule has 1 aromatic rings. The Morgan fingerprint density at radius 1 is 1.45 bits per heavy atom. The van der Waals surface area contributed by atoms with Crippen molar-refractivity contribution in [3.8, 4) is 0 Å². The Labute approximate surface area is 125 Å². The molecule has 0 radical (unpaired) electrons. The molecule has 1 aromatic carbocycles. The molecule has 1 heterocycles. The predicted molar refractivity (Wildman–Crippen MR) is 83.0 cm³/mol. The number of nitrogens with one attached hydrogen (secondary N) is 1.